The Bertz CT molecular complexity index is 642. The summed E-state index contributed by atoms with van der Waals surface area (Å²) < 4.78 is 10.4. The van der Waals surface area contributed by atoms with E-state index in [1.807, 2.05) is 36.4 Å². The summed E-state index contributed by atoms with van der Waals surface area (Å²) in [5.74, 6) is 0.638. The van der Waals surface area contributed by atoms with Crippen molar-refractivity contribution in [2.24, 2.45) is 0 Å². The predicted molar refractivity (Wildman–Crippen MR) is 88.9 cm³/mol. The summed E-state index contributed by atoms with van der Waals surface area (Å²) in [6.07, 6.45) is 7.32. The molecule has 0 saturated heterocycles. The number of nitrogens with zero attached hydrogens (tertiary/aromatic N) is 1. The molecular formula is C18H20N2O3. The number of benzene rings is 1. The Labute approximate surface area is 136 Å². The zero-order valence-corrected chi connectivity index (χ0v) is 13.1. The molecule has 2 rings (SSSR count). The van der Waals surface area contributed by atoms with Crippen LogP contribution in [0.4, 0.5) is 0 Å². The third-order valence-corrected chi connectivity index (χ3v) is 3.11. The number of ether oxygens (including phenoxy) is 2. The zero-order valence-electron chi connectivity index (χ0n) is 13.1. The van der Waals surface area contributed by atoms with Crippen LogP contribution in [0.1, 0.15) is 11.1 Å². The second-order valence-electron chi connectivity index (χ2n) is 4.82. The lowest BCUT2D eigenvalue weighted by Gasteiger charge is -2.10. The van der Waals surface area contributed by atoms with Gasteiger partial charge in [0.25, 0.3) is 0 Å². The number of pyridine rings is 1. The van der Waals surface area contributed by atoms with Crippen LogP contribution in [0.3, 0.4) is 0 Å². The van der Waals surface area contributed by atoms with E-state index >= 15 is 0 Å². The number of para-hydroxylation sites is 1. The number of carbonyl (C=O) groups excluding carboxylic acids is 1. The Morgan fingerprint density at radius 2 is 2.13 bits per heavy atom. The molecule has 0 aliphatic rings. The van der Waals surface area contributed by atoms with Gasteiger partial charge >= 0.3 is 0 Å². The first-order valence-corrected chi connectivity index (χ1v) is 7.35. The van der Waals surface area contributed by atoms with Gasteiger partial charge in [-0.3, -0.25) is 9.78 Å². The molecule has 0 aliphatic carbocycles. The van der Waals surface area contributed by atoms with Crippen LogP contribution in [0.2, 0.25) is 0 Å². The predicted octanol–water partition coefficient (Wildman–Crippen LogP) is 2.44. The zero-order chi connectivity index (χ0) is 16.3. The first-order chi connectivity index (χ1) is 11.3. The number of nitrogens with one attached hydrogen (secondary N) is 1. The fourth-order valence-corrected chi connectivity index (χ4v) is 2.00. The van der Waals surface area contributed by atoms with Crippen molar-refractivity contribution in [1.82, 2.24) is 10.3 Å². The molecule has 0 bridgehead atoms. The van der Waals surface area contributed by atoms with Gasteiger partial charge in [-0.2, -0.15) is 0 Å². The van der Waals surface area contributed by atoms with E-state index in [0.29, 0.717) is 13.0 Å². The second-order valence-corrected chi connectivity index (χ2v) is 4.82. The molecule has 1 N–H and O–H groups in total. The standard InChI is InChI=1S/C18H20N2O3/c1-22-14-23-17-7-3-2-6-16(17)10-12-20-18(21)9-8-15-5-4-11-19-13-15/h2-9,11,13H,10,12,14H2,1H3,(H,20,21)/b9-8+. The minimum atomic E-state index is -0.135. The highest BCUT2D eigenvalue weighted by molar-refractivity contribution is 5.91. The minimum absolute atomic E-state index is 0.135. The largest absolute Gasteiger partial charge is 0.467 e. The molecule has 1 aromatic heterocycles. The van der Waals surface area contributed by atoms with Crippen LogP contribution in [0.25, 0.3) is 6.08 Å². The lowest BCUT2D eigenvalue weighted by molar-refractivity contribution is -0.116. The summed E-state index contributed by atoms with van der Waals surface area (Å²) in [5, 5.41) is 2.85. The van der Waals surface area contributed by atoms with Crippen molar-refractivity contribution in [3.8, 4) is 5.75 Å². The highest BCUT2D eigenvalue weighted by atomic mass is 16.7. The quantitative estimate of drug-likeness (QED) is 0.601. The van der Waals surface area contributed by atoms with E-state index < -0.39 is 0 Å². The fraction of sp³-hybridized carbons (Fsp3) is 0.222. The summed E-state index contributed by atoms with van der Waals surface area (Å²) in [4.78, 5) is 15.8. The van der Waals surface area contributed by atoms with Crippen molar-refractivity contribution in [1.29, 1.82) is 0 Å². The Kier molecular flexibility index (Phi) is 6.81. The van der Waals surface area contributed by atoms with Gasteiger partial charge in [0.05, 0.1) is 0 Å². The van der Waals surface area contributed by atoms with Crippen LogP contribution < -0.4 is 10.1 Å². The lowest BCUT2D eigenvalue weighted by atomic mass is 10.1. The molecule has 1 amide bonds. The molecule has 0 saturated carbocycles. The first kappa shape index (κ1) is 16.7. The van der Waals surface area contributed by atoms with Crippen LogP contribution >= 0.6 is 0 Å². The van der Waals surface area contributed by atoms with Gasteiger partial charge in [0.1, 0.15) is 5.75 Å². The van der Waals surface area contributed by atoms with E-state index in [1.54, 1.807) is 25.6 Å². The van der Waals surface area contributed by atoms with E-state index in [2.05, 4.69) is 10.3 Å². The van der Waals surface area contributed by atoms with Crippen molar-refractivity contribution in [3.05, 3.63) is 66.0 Å². The van der Waals surface area contributed by atoms with Gasteiger partial charge in [-0.15, -0.1) is 0 Å². The number of carbonyl (C=O) groups is 1. The maximum Gasteiger partial charge on any atom is 0.244 e. The molecule has 0 spiro atoms. The van der Waals surface area contributed by atoms with Crippen LogP contribution in [0.15, 0.2) is 54.9 Å². The summed E-state index contributed by atoms with van der Waals surface area (Å²) in [7, 11) is 1.58. The molecular weight excluding hydrogens is 292 g/mol. The van der Waals surface area contributed by atoms with Crippen LogP contribution in [-0.4, -0.2) is 31.3 Å². The smallest absolute Gasteiger partial charge is 0.244 e. The van der Waals surface area contributed by atoms with Crippen molar-refractivity contribution in [3.63, 3.8) is 0 Å². The van der Waals surface area contributed by atoms with E-state index in [1.165, 1.54) is 6.08 Å². The van der Waals surface area contributed by atoms with Gasteiger partial charge in [0.2, 0.25) is 5.91 Å². The van der Waals surface area contributed by atoms with E-state index in [4.69, 9.17) is 9.47 Å². The van der Waals surface area contributed by atoms with Crippen molar-refractivity contribution in [2.45, 2.75) is 6.42 Å². The van der Waals surface area contributed by atoms with Crippen molar-refractivity contribution < 1.29 is 14.3 Å². The minimum Gasteiger partial charge on any atom is -0.467 e. The number of aromatic nitrogens is 1. The van der Waals surface area contributed by atoms with Crippen LogP contribution in [-0.2, 0) is 16.0 Å². The highest BCUT2D eigenvalue weighted by Crippen LogP contribution is 2.18. The number of amides is 1. The monoisotopic (exact) mass is 312 g/mol. The maximum atomic E-state index is 11.8. The Morgan fingerprint density at radius 1 is 1.26 bits per heavy atom. The van der Waals surface area contributed by atoms with Gasteiger partial charge in [0, 0.05) is 32.1 Å². The Balaban J connectivity index is 1.80. The fourth-order valence-electron chi connectivity index (χ4n) is 2.00. The Morgan fingerprint density at radius 3 is 2.91 bits per heavy atom. The van der Waals surface area contributed by atoms with Gasteiger partial charge in [0.15, 0.2) is 6.79 Å². The number of hydrogen-bond donors (Lipinski definition) is 1. The lowest BCUT2D eigenvalue weighted by Crippen LogP contribution is -2.23. The maximum absolute atomic E-state index is 11.8. The third-order valence-electron chi connectivity index (χ3n) is 3.11. The third kappa shape index (κ3) is 5.92. The van der Waals surface area contributed by atoms with Gasteiger partial charge < -0.3 is 14.8 Å². The average molecular weight is 312 g/mol. The summed E-state index contributed by atoms with van der Waals surface area (Å²) in [6, 6.07) is 11.4. The van der Waals surface area contributed by atoms with Gasteiger partial charge in [-0.05, 0) is 35.8 Å². The average Bonchev–Trinajstić information content (AvgIpc) is 2.60. The molecule has 1 aromatic carbocycles. The molecule has 23 heavy (non-hydrogen) atoms. The summed E-state index contributed by atoms with van der Waals surface area (Å²) >= 11 is 0. The van der Waals surface area contributed by atoms with E-state index in [-0.39, 0.29) is 12.7 Å². The SMILES string of the molecule is COCOc1ccccc1CCNC(=O)/C=C/c1cccnc1. The molecule has 5 heteroatoms. The number of hydrogen-bond acceptors (Lipinski definition) is 4. The van der Waals surface area contributed by atoms with Crippen molar-refractivity contribution in [2.75, 3.05) is 20.4 Å². The molecule has 0 atom stereocenters. The Hall–Kier alpha value is -2.66. The normalized spacial score (nSPS) is 10.7. The van der Waals surface area contributed by atoms with Gasteiger partial charge in [-0.25, -0.2) is 0 Å². The van der Waals surface area contributed by atoms with Gasteiger partial charge in [-0.1, -0.05) is 24.3 Å². The summed E-state index contributed by atoms with van der Waals surface area (Å²) in [5.41, 5.74) is 1.92. The van der Waals surface area contributed by atoms with E-state index in [9.17, 15) is 4.79 Å². The molecule has 120 valence electrons. The molecule has 0 fully saturated rings. The van der Waals surface area contributed by atoms with Crippen LogP contribution in [0, 0.1) is 0 Å². The number of methoxy groups -OCH3 is 1. The topological polar surface area (TPSA) is 60.5 Å². The summed E-state index contributed by atoms with van der Waals surface area (Å²) in [6.45, 7) is 0.737. The number of rotatable bonds is 8. The molecule has 2 aromatic rings. The van der Waals surface area contributed by atoms with E-state index in [0.717, 1.165) is 16.9 Å². The highest BCUT2D eigenvalue weighted by Gasteiger charge is 2.03. The molecule has 0 unspecified atom stereocenters. The second kappa shape index (κ2) is 9.38. The molecule has 0 aliphatic heterocycles. The molecule has 1 heterocycles. The first-order valence-electron chi connectivity index (χ1n) is 7.35. The van der Waals surface area contributed by atoms with Crippen LogP contribution in [0.5, 0.6) is 5.75 Å². The molecule has 5 nitrogen and oxygen atoms in total. The molecule has 0 radical (unpaired) electrons. The van der Waals surface area contributed by atoms with Crippen molar-refractivity contribution >= 4 is 12.0 Å².